The van der Waals surface area contributed by atoms with E-state index in [2.05, 4.69) is 0 Å². The van der Waals surface area contributed by atoms with E-state index in [1.54, 1.807) is 0 Å². The minimum atomic E-state index is -0.546. The maximum Gasteiger partial charge on any atom is 0.160 e. The van der Waals surface area contributed by atoms with Gasteiger partial charge in [0.25, 0.3) is 0 Å². The highest BCUT2D eigenvalue weighted by Crippen LogP contribution is 2.48. The molecular formula is C8H12O3. The Morgan fingerprint density at radius 1 is 1.18 bits per heavy atom. The largest absolute Gasteiger partial charge is 0.374 e. The maximum atomic E-state index is 9.42. The van der Waals surface area contributed by atoms with Crippen LogP contribution < -0.4 is 0 Å². The van der Waals surface area contributed by atoms with E-state index in [0.29, 0.717) is 24.7 Å². The summed E-state index contributed by atoms with van der Waals surface area (Å²) in [6.07, 6.45) is 2.42. The average molecular weight is 156 g/mol. The molecule has 1 unspecified atom stereocenters. The number of fused-ring (bicyclic) bond motifs is 5. The van der Waals surface area contributed by atoms with Crippen LogP contribution in [0.1, 0.15) is 12.8 Å². The van der Waals surface area contributed by atoms with E-state index in [-0.39, 0.29) is 5.92 Å². The van der Waals surface area contributed by atoms with Crippen LogP contribution in [0.25, 0.3) is 0 Å². The van der Waals surface area contributed by atoms with Crippen molar-refractivity contribution in [2.75, 3.05) is 6.61 Å². The molecule has 0 aromatic carbocycles. The van der Waals surface area contributed by atoms with Crippen molar-refractivity contribution >= 4 is 0 Å². The van der Waals surface area contributed by atoms with Gasteiger partial charge in [-0.15, -0.1) is 0 Å². The molecule has 3 heterocycles. The zero-order valence-electron chi connectivity index (χ0n) is 6.27. The number of hydrogen-bond donors (Lipinski definition) is 1. The molecular weight excluding hydrogens is 144 g/mol. The van der Waals surface area contributed by atoms with Crippen LogP contribution in [0.5, 0.6) is 0 Å². The molecule has 3 rings (SSSR count). The summed E-state index contributed by atoms with van der Waals surface area (Å²) in [5.41, 5.74) is 0. The summed E-state index contributed by atoms with van der Waals surface area (Å²) in [4.78, 5) is 0. The van der Waals surface area contributed by atoms with Gasteiger partial charge in [-0.3, -0.25) is 0 Å². The van der Waals surface area contributed by atoms with Crippen LogP contribution in [0.4, 0.5) is 0 Å². The van der Waals surface area contributed by atoms with Crippen molar-refractivity contribution in [1.29, 1.82) is 0 Å². The number of aliphatic hydroxyl groups excluding tert-OH is 1. The quantitative estimate of drug-likeness (QED) is 0.541. The third-order valence-electron chi connectivity index (χ3n) is 3.28. The fourth-order valence-corrected chi connectivity index (χ4v) is 2.75. The van der Waals surface area contributed by atoms with Gasteiger partial charge in [0.15, 0.2) is 6.29 Å². The normalized spacial score (nSPS) is 60.3. The van der Waals surface area contributed by atoms with Gasteiger partial charge in [0.2, 0.25) is 0 Å². The third-order valence-corrected chi connectivity index (χ3v) is 3.28. The number of ether oxygens (including phenoxy) is 2. The van der Waals surface area contributed by atoms with Crippen LogP contribution in [0.3, 0.4) is 0 Å². The Kier molecular flexibility index (Phi) is 1.15. The molecule has 5 atom stereocenters. The monoisotopic (exact) mass is 156 g/mol. The molecule has 0 aliphatic carbocycles. The zero-order chi connectivity index (χ0) is 7.42. The van der Waals surface area contributed by atoms with Gasteiger partial charge in [0, 0.05) is 11.8 Å². The van der Waals surface area contributed by atoms with Gasteiger partial charge >= 0.3 is 0 Å². The average Bonchev–Trinajstić information content (AvgIpc) is 2.60. The molecule has 0 saturated carbocycles. The fourth-order valence-electron chi connectivity index (χ4n) is 2.75. The topological polar surface area (TPSA) is 38.7 Å². The van der Waals surface area contributed by atoms with E-state index in [1.165, 1.54) is 6.42 Å². The van der Waals surface area contributed by atoms with Crippen LogP contribution in [0, 0.1) is 11.8 Å². The molecule has 3 aliphatic rings. The molecule has 0 aromatic rings. The van der Waals surface area contributed by atoms with Gasteiger partial charge in [0.05, 0.1) is 18.8 Å². The molecule has 2 bridgehead atoms. The summed E-state index contributed by atoms with van der Waals surface area (Å²) in [7, 11) is 0. The Bertz CT molecular complexity index is 182. The molecule has 3 saturated heterocycles. The highest BCUT2D eigenvalue weighted by Gasteiger charge is 2.55. The number of aliphatic hydroxyl groups is 1. The first kappa shape index (κ1) is 6.40. The maximum absolute atomic E-state index is 9.42. The van der Waals surface area contributed by atoms with Crippen molar-refractivity contribution in [3.8, 4) is 0 Å². The smallest absolute Gasteiger partial charge is 0.160 e. The van der Waals surface area contributed by atoms with Gasteiger partial charge in [-0.25, -0.2) is 0 Å². The van der Waals surface area contributed by atoms with Gasteiger partial charge in [-0.05, 0) is 12.8 Å². The van der Waals surface area contributed by atoms with E-state index in [1.807, 2.05) is 0 Å². The lowest BCUT2D eigenvalue weighted by Gasteiger charge is -2.19. The lowest BCUT2D eigenvalue weighted by Crippen LogP contribution is -2.30. The molecule has 0 aromatic heterocycles. The van der Waals surface area contributed by atoms with Crippen LogP contribution in [-0.4, -0.2) is 30.2 Å². The van der Waals surface area contributed by atoms with Crippen molar-refractivity contribution in [2.45, 2.75) is 31.3 Å². The summed E-state index contributed by atoms with van der Waals surface area (Å²) in [5, 5.41) is 9.42. The fraction of sp³-hybridized carbons (Fsp3) is 1.00. The molecule has 0 spiro atoms. The molecule has 11 heavy (non-hydrogen) atoms. The Morgan fingerprint density at radius 3 is 2.82 bits per heavy atom. The molecule has 62 valence electrons. The SMILES string of the molecule is OC1OC[C@H]2[C@@H]1[C@H]1CC[C@@H]2O1. The van der Waals surface area contributed by atoms with Gasteiger partial charge in [0.1, 0.15) is 0 Å². The second kappa shape index (κ2) is 1.97. The summed E-state index contributed by atoms with van der Waals surface area (Å²) >= 11 is 0. The van der Waals surface area contributed by atoms with Crippen molar-refractivity contribution in [1.82, 2.24) is 0 Å². The van der Waals surface area contributed by atoms with E-state index in [9.17, 15) is 5.11 Å². The highest BCUT2D eigenvalue weighted by atomic mass is 16.6. The minimum Gasteiger partial charge on any atom is -0.374 e. The van der Waals surface area contributed by atoms with Gasteiger partial charge in [-0.1, -0.05) is 0 Å². The standard InChI is InChI=1S/C8H12O3/c9-8-7-4(3-10-8)5-1-2-6(7)11-5/h4-9H,1-3H2/t4-,5+,6-,7-,8?/m1/s1. The van der Waals surface area contributed by atoms with Crippen LogP contribution in [-0.2, 0) is 9.47 Å². The van der Waals surface area contributed by atoms with Crippen molar-refractivity contribution in [3.63, 3.8) is 0 Å². The lowest BCUT2D eigenvalue weighted by atomic mass is 9.81. The molecule has 3 nitrogen and oxygen atoms in total. The number of rotatable bonds is 0. The third kappa shape index (κ3) is 0.687. The number of hydrogen-bond acceptors (Lipinski definition) is 3. The lowest BCUT2D eigenvalue weighted by molar-refractivity contribution is -0.105. The van der Waals surface area contributed by atoms with Crippen LogP contribution in [0.15, 0.2) is 0 Å². The van der Waals surface area contributed by atoms with Gasteiger partial charge in [-0.2, -0.15) is 0 Å². The molecule has 1 N–H and O–H groups in total. The predicted molar refractivity (Wildman–Crippen MR) is 36.8 cm³/mol. The Balaban J connectivity index is 1.91. The van der Waals surface area contributed by atoms with Crippen LogP contribution >= 0.6 is 0 Å². The van der Waals surface area contributed by atoms with Crippen LogP contribution in [0.2, 0.25) is 0 Å². The van der Waals surface area contributed by atoms with E-state index >= 15 is 0 Å². The van der Waals surface area contributed by atoms with Crippen molar-refractivity contribution in [2.24, 2.45) is 11.8 Å². The van der Waals surface area contributed by atoms with E-state index in [4.69, 9.17) is 9.47 Å². The first-order valence-corrected chi connectivity index (χ1v) is 4.31. The molecule has 0 radical (unpaired) electrons. The molecule has 0 amide bonds. The second-order valence-electron chi connectivity index (χ2n) is 3.76. The van der Waals surface area contributed by atoms with Crippen molar-refractivity contribution < 1.29 is 14.6 Å². The Hall–Kier alpha value is -0.120. The van der Waals surface area contributed by atoms with Crippen molar-refractivity contribution in [3.05, 3.63) is 0 Å². The minimum absolute atomic E-state index is 0.286. The molecule has 3 fully saturated rings. The first-order valence-electron chi connectivity index (χ1n) is 4.31. The summed E-state index contributed by atoms with van der Waals surface area (Å²) in [6, 6.07) is 0. The Morgan fingerprint density at radius 2 is 2.00 bits per heavy atom. The van der Waals surface area contributed by atoms with E-state index < -0.39 is 6.29 Å². The summed E-state index contributed by atoms with van der Waals surface area (Å²) in [5.74, 6) is 0.775. The highest BCUT2D eigenvalue weighted by molar-refractivity contribution is 4.99. The summed E-state index contributed by atoms with van der Waals surface area (Å²) < 4.78 is 10.8. The Labute approximate surface area is 65.3 Å². The van der Waals surface area contributed by atoms with Gasteiger partial charge < -0.3 is 14.6 Å². The first-order chi connectivity index (χ1) is 5.36. The predicted octanol–water partition coefficient (Wildman–Crippen LogP) is 0.129. The molecule has 3 heteroatoms. The summed E-state index contributed by atoms with van der Waals surface area (Å²) in [6.45, 7) is 0.701. The zero-order valence-corrected chi connectivity index (χ0v) is 6.27. The van der Waals surface area contributed by atoms with E-state index in [0.717, 1.165) is 6.42 Å². The second-order valence-corrected chi connectivity index (χ2v) is 3.76. The molecule has 3 aliphatic heterocycles.